The molecule has 4 saturated carbocycles. The van der Waals surface area contributed by atoms with Crippen LogP contribution in [0.1, 0.15) is 37.7 Å². The van der Waals surface area contributed by atoms with Crippen LogP contribution in [0.4, 0.5) is 0 Å². The molecule has 0 heterocycles. The minimum absolute atomic E-state index is 0.485. The Kier molecular flexibility index (Phi) is 2.33. The Morgan fingerprint density at radius 1 is 1.00 bits per heavy atom. The Hall–Kier alpha value is -0.560. The maximum absolute atomic E-state index is 4.39. The summed E-state index contributed by atoms with van der Waals surface area (Å²) in [5.41, 5.74) is 3.65. The minimum atomic E-state index is 0.485. The van der Waals surface area contributed by atoms with E-state index in [9.17, 15) is 0 Å². The van der Waals surface area contributed by atoms with Gasteiger partial charge in [-0.15, -0.1) is 0 Å². The summed E-state index contributed by atoms with van der Waals surface area (Å²) in [7, 11) is 0. The van der Waals surface area contributed by atoms with E-state index in [-0.39, 0.29) is 0 Å². The highest BCUT2D eigenvalue weighted by Crippen LogP contribution is 2.62. The normalized spacial score (nSPS) is 41.4. The molecule has 0 N–H and O–H groups in total. The largest absolute Gasteiger partial charge is 0.0993 e. The van der Waals surface area contributed by atoms with E-state index < -0.39 is 0 Å². The molecule has 1 heteroatoms. The van der Waals surface area contributed by atoms with Crippen LogP contribution in [0.5, 0.6) is 0 Å². The predicted octanol–water partition coefficient (Wildman–Crippen LogP) is 5.08. The maximum Gasteiger partial charge on any atom is 0.0175 e. The average molecular weight is 303 g/mol. The third kappa shape index (κ3) is 1.49. The number of halogens is 1. The number of hydrogen-bond acceptors (Lipinski definition) is 0. The zero-order valence-corrected chi connectivity index (χ0v) is 12.2. The molecule has 18 heavy (non-hydrogen) atoms. The number of benzene rings is 1. The van der Waals surface area contributed by atoms with Crippen LogP contribution in [0.15, 0.2) is 40.9 Å². The van der Waals surface area contributed by atoms with E-state index in [0.29, 0.717) is 5.41 Å². The average Bonchev–Trinajstić information content (AvgIpc) is 2.35. The highest BCUT2D eigenvalue weighted by molar-refractivity contribution is 9.10. The van der Waals surface area contributed by atoms with Crippen molar-refractivity contribution in [1.82, 2.24) is 0 Å². The molecule has 4 aliphatic rings. The van der Waals surface area contributed by atoms with E-state index in [4.69, 9.17) is 0 Å². The molecule has 2 unspecified atom stereocenters. The molecule has 94 valence electrons. The van der Waals surface area contributed by atoms with Gasteiger partial charge in [-0.25, -0.2) is 0 Å². The summed E-state index contributed by atoms with van der Waals surface area (Å²) in [5.74, 6) is 2.61. The Bertz CT molecular complexity index is 481. The van der Waals surface area contributed by atoms with E-state index in [1.807, 2.05) is 0 Å². The fourth-order valence-corrected chi connectivity index (χ4v) is 5.30. The van der Waals surface area contributed by atoms with Crippen LogP contribution in [0, 0.1) is 17.8 Å². The van der Waals surface area contributed by atoms with E-state index in [0.717, 1.165) is 17.8 Å². The summed E-state index contributed by atoms with van der Waals surface area (Å²) in [6, 6.07) is 9.12. The molecule has 4 bridgehead atoms. The predicted molar refractivity (Wildman–Crippen MR) is 78.5 cm³/mol. The lowest BCUT2D eigenvalue weighted by atomic mass is 9.47. The SMILES string of the molecule is C=C1[C@@H]2CC3C[C@H]1CC(c1ccc(Br)cc1)(C3)C2. The molecule has 0 amide bonds. The highest BCUT2D eigenvalue weighted by atomic mass is 79.9. The Morgan fingerprint density at radius 2 is 1.61 bits per heavy atom. The summed E-state index contributed by atoms with van der Waals surface area (Å²) < 4.78 is 1.19. The second-order valence-electron chi connectivity index (χ2n) is 6.71. The molecule has 0 radical (unpaired) electrons. The summed E-state index contributed by atoms with van der Waals surface area (Å²) in [4.78, 5) is 0. The first-order valence-corrected chi connectivity index (χ1v) is 7.90. The van der Waals surface area contributed by atoms with Crippen LogP contribution in [0.2, 0.25) is 0 Å². The summed E-state index contributed by atoms with van der Waals surface area (Å²) >= 11 is 3.55. The number of hydrogen-bond donors (Lipinski definition) is 0. The van der Waals surface area contributed by atoms with Crippen molar-refractivity contribution in [3.05, 3.63) is 46.5 Å². The first-order valence-electron chi connectivity index (χ1n) is 7.11. The van der Waals surface area contributed by atoms with Crippen molar-refractivity contribution in [3.8, 4) is 0 Å². The molecular formula is C17H19Br. The van der Waals surface area contributed by atoms with Crippen LogP contribution in [0.25, 0.3) is 0 Å². The Balaban J connectivity index is 1.76. The molecule has 4 fully saturated rings. The van der Waals surface area contributed by atoms with Gasteiger partial charge in [-0.3, -0.25) is 0 Å². The lowest BCUT2D eigenvalue weighted by Gasteiger charge is -2.58. The van der Waals surface area contributed by atoms with Gasteiger partial charge in [0.05, 0.1) is 0 Å². The lowest BCUT2D eigenvalue weighted by Crippen LogP contribution is -2.49. The maximum atomic E-state index is 4.39. The molecule has 0 saturated heterocycles. The Labute approximate surface area is 118 Å². The Morgan fingerprint density at radius 3 is 2.22 bits per heavy atom. The van der Waals surface area contributed by atoms with E-state index in [2.05, 4.69) is 46.8 Å². The van der Waals surface area contributed by atoms with Gasteiger partial charge in [-0.1, -0.05) is 40.2 Å². The van der Waals surface area contributed by atoms with E-state index >= 15 is 0 Å². The van der Waals surface area contributed by atoms with Crippen LogP contribution in [-0.2, 0) is 5.41 Å². The first-order chi connectivity index (χ1) is 8.66. The fourth-order valence-electron chi connectivity index (χ4n) is 5.04. The molecular weight excluding hydrogens is 284 g/mol. The third-order valence-electron chi connectivity index (χ3n) is 5.69. The summed E-state index contributed by atoms with van der Waals surface area (Å²) in [6.45, 7) is 4.39. The van der Waals surface area contributed by atoms with Crippen molar-refractivity contribution in [2.75, 3.05) is 0 Å². The van der Waals surface area contributed by atoms with Gasteiger partial charge in [0.2, 0.25) is 0 Å². The van der Waals surface area contributed by atoms with Crippen LogP contribution in [0.3, 0.4) is 0 Å². The van der Waals surface area contributed by atoms with Gasteiger partial charge in [-0.2, -0.15) is 0 Å². The number of allylic oxidation sites excluding steroid dienone is 1. The van der Waals surface area contributed by atoms with Gasteiger partial charge >= 0.3 is 0 Å². The zero-order valence-electron chi connectivity index (χ0n) is 10.7. The monoisotopic (exact) mass is 302 g/mol. The molecule has 4 atom stereocenters. The van der Waals surface area contributed by atoms with Crippen molar-refractivity contribution in [1.29, 1.82) is 0 Å². The standard InChI is InChI=1S/C17H19Br/c1-11-13-6-12-7-14(11)10-17(8-12,9-13)15-2-4-16(18)5-3-15/h2-5,12-14H,1,6-10H2/t12?,13-,14+,17?. The smallest absolute Gasteiger partial charge is 0.0175 e. The van der Waals surface area contributed by atoms with Crippen molar-refractivity contribution < 1.29 is 0 Å². The quantitative estimate of drug-likeness (QED) is 0.634. The van der Waals surface area contributed by atoms with Crippen molar-refractivity contribution in [2.24, 2.45) is 17.8 Å². The van der Waals surface area contributed by atoms with E-state index in [1.54, 1.807) is 11.1 Å². The molecule has 0 aliphatic heterocycles. The van der Waals surface area contributed by atoms with Gasteiger partial charge in [0, 0.05) is 4.47 Å². The van der Waals surface area contributed by atoms with Crippen LogP contribution < -0.4 is 0 Å². The second-order valence-corrected chi connectivity index (χ2v) is 7.62. The van der Waals surface area contributed by atoms with Crippen LogP contribution in [-0.4, -0.2) is 0 Å². The molecule has 0 aromatic heterocycles. The van der Waals surface area contributed by atoms with Gasteiger partial charge in [-0.05, 0) is 73.0 Å². The third-order valence-corrected chi connectivity index (χ3v) is 6.22. The minimum Gasteiger partial charge on any atom is -0.0993 e. The molecule has 5 rings (SSSR count). The fraction of sp³-hybridized carbons (Fsp3) is 0.529. The van der Waals surface area contributed by atoms with E-state index in [1.165, 1.54) is 36.6 Å². The summed E-state index contributed by atoms with van der Waals surface area (Å²) in [6.07, 6.45) is 7.00. The molecule has 0 spiro atoms. The lowest BCUT2D eigenvalue weighted by molar-refractivity contribution is 0.0408. The highest BCUT2D eigenvalue weighted by Gasteiger charge is 2.53. The van der Waals surface area contributed by atoms with Gasteiger partial charge in [0.15, 0.2) is 0 Å². The zero-order chi connectivity index (χ0) is 12.3. The first kappa shape index (κ1) is 11.3. The van der Waals surface area contributed by atoms with Crippen LogP contribution >= 0.6 is 15.9 Å². The van der Waals surface area contributed by atoms with Crippen molar-refractivity contribution in [3.63, 3.8) is 0 Å². The van der Waals surface area contributed by atoms with Gasteiger partial charge in [0.25, 0.3) is 0 Å². The molecule has 0 nitrogen and oxygen atoms in total. The summed E-state index contributed by atoms with van der Waals surface area (Å²) in [5, 5.41) is 0. The molecule has 4 aliphatic carbocycles. The van der Waals surface area contributed by atoms with Gasteiger partial charge in [0.1, 0.15) is 0 Å². The van der Waals surface area contributed by atoms with Crippen molar-refractivity contribution in [2.45, 2.75) is 37.5 Å². The second kappa shape index (κ2) is 3.72. The van der Waals surface area contributed by atoms with Gasteiger partial charge < -0.3 is 0 Å². The molecule has 1 aromatic rings. The topological polar surface area (TPSA) is 0 Å². The number of rotatable bonds is 1. The molecule has 1 aromatic carbocycles. The van der Waals surface area contributed by atoms with Crippen molar-refractivity contribution >= 4 is 15.9 Å².